The molecule has 2 saturated heterocycles. The van der Waals surface area contributed by atoms with Crippen LogP contribution in [0.15, 0.2) is 15.9 Å². The predicted octanol–water partition coefficient (Wildman–Crippen LogP) is 3.94. The van der Waals surface area contributed by atoms with Gasteiger partial charge in [-0.2, -0.15) is 0 Å². The molecular formula is C16H21BrN2O3S. The summed E-state index contributed by atoms with van der Waals surface area (Å²) < 4.78 is 0.910. The molecule has 2 N–H and O–H groups in total. The molecule has 0 spiro atoms. The Labute approximate surface area is 148 Å². The maximum Gasteiger partial charge on any atom is 0.408 e. The van der Waals surface area contributed by atoms with Gasteiger partial charge in [0.15, 0.2) is 0 Å². The number of nitrogens with one attached hydrogen (secondary N) is 1. The van der Waals surface area contributed by atoms with E-state index in [2.05, 4.69) is 42.0 Å². The highest BCUT2D eigenvalue weighted by molar-refractivity contribution is 9.11. The molecule has 1 aromatic rings. The average molecular weight is 401 g/mol. The van der Waals surface area contributed by atoms with Crippen molar-refractivity contribution in [3.63, 3.8) is 0 Å². The average Bonchev–Trinajstić information content (AvgIpc) is 3.09. The Balaban J connectivity index is 1.90. The third kappa shape index (κ3) is 2.48. The second-order valence-corrected chi connectivity index (χ2v) is 9.85. The van der Waals surface area contributed by atoms with Gasteiger partial charge >= 0.3 is 6.09 Å². The van der Waals surface area contributed by atoms with Crippen molar-refractivity contribution >= 4 is 39.3 Å². The van der Waals surface area contributed by atoms with Gasteiger partial charge in [-0.1, -0.05) is 20.8 Å². The van der Waals surface area contributed by atoms with Crippen LogP contribution in [0, 0.1) is 5.41 Å². The number of carbonyl (C=O) groups is 2. The van der Waals surface area contributed by atoms with Crippen LogP contribution in [-0.4, -0.2) is 39.6 Å². The van der Waals surface area contributed by atoms with Crippen molar-refractivity contribution in [1.29, 1.82) is 0 Å². The summed E-state index contributed by atoms with van der Waals surface area (Å²) in [4.78, 5) is 26.6. The van der Waals surface area contributed by atoms with Crippen molar-refractivity contribution in [2.75, 3.05) is 0 Å². The number of halogens is 1. The lowest BCUT2D eigenvalue weighted by atomic mass is 9.66. The number of nitrogens with zero attached hydrogens (tertiary/aromatic N) is 1. The second kappa shape index (κ2) is 5.48. The summed E-state index contributed by atoms with van der Waals surface area (Å²) in [6.07, 6.45) is 1.49. The van der Waals surface area contributed by atoms with Gasteiger partial charge in [0.1, 0.15) is 0 Å². The molecule has 0 unspecified atom stereocenters. The van der Waals surface area contributed by atoms with Gasteiger partial charge < -0.3 is 10.4 Å². The van der Waals surface area contributed by atoms with Gasteiger partial charge in [0.2, 0.25) is 0 Å². The molecule has 3 atom stereocenters. The molecule has 2 aliphatic rings. The van der Waals surface area contributed by atoms with Crippen molar-refractivity contribution in [3.8, 4) is 0 Å². The number of amides is 2. The maximum atomic E-state index is 12.5. The number of hydrogen-bond acceptors (Lipinski definition) is 3. The van der Waals surface area contributed by atoms with E-state index in [1.165, 1.54) is 11.3 Å². The minimum atomic E-state index is -0.877. The predicted molar refractivity (Wildman–Crippen MR) is 93.0 cm³/mol. The zero-order valence-electron chi connectivity index (χ0n) is 13.4. The minimum absolute atomic E-state index is 0.00657. The highest BCUT2D eigenvalue weighted by Gasteiger charge is 2.65. The summed E-state index contributed by atoms with van der Waals surface area (Å²) in [5.74, 6) is -0.118. The first-order chi connectivity index (χ1) is 10.7. The Morgan fingerprint density at radius 2 is 2.13 bits per heavy atom. The van der Waals surface area contributed by atoms with Crippen LogP contribution in [0.2, 0.25) is 0 Å². The van der Waals surface area contributed by atoms with Crippen LogP contribution in [-0.2, 0) is 0 Å². The highest BCUT2D eigenvalue weighted by atomic mass is 79.9. The van der Waals surface area contributed by atoms with Crippen molar-refractivity contribution < 1.29 is 14.7 Å². The lowest BCUT2D eigenvalue weighted by Gasteiger charge is -2.48. The molecule has 0 saturated carbocycles. The van der Waals surface area contributed by atoms with Crippen LogP contribution in [0.1, 0.15) is 49.7 Å². The maximum absolute atomic E-state index is 12.5. The monoisotopic (exact) mass is 400 g/mol. The van der Waals surface area contributed by atoms with Crippen molar-refractivity contribution in [1.82, 2.24) is 10.2 Å². The van der Waals surface area contributed by atoms with E-state index >= 15 is 0 Å². The Bertz CT molecular complexity index is 654. The zero-order chi connectivity index (χ0) is 17.0. The van der Waals surface area contributed by atoms with Gasteiger partial charge in [-0.3, -0.25) is 9.69 Å². The third-order valence-corrected chi connectivity index (χ3v) is 6.97. The first-order valence-corrected chi connectivity index (χ1v) is 9.36. The van der Waals surface area contributed by atoms with Crippen LogP contribution in [0.25, 0.3) is 0 Å². The van der Waals surface area contributed by atoms with Gasteiger partial charge in [0.25, 0.3) is 5.91 Å². The largest absolute Gasteiger partial charge is 0.465 e. The lowest BCUT2D eigenvalue weighted by molar-refractivity contribution is 0.0261. The molecule has 5 nitrogen and oxygen atoms in total. The number of thiophene rings is 1. The van der Waals surface area contributed by atoms with E-state index < -0.39 is 11.6 Å². The summed E-state index contributed by atoms with van der Waals surface area (Å²) in [5.41, 5.74) is -0.779. The van der Waals surface area contributed by atoms with Crippen molar-refractivity contribution in [2.24, 2.45) is 5.41 Å². The molecule has 2 bridgehead atoms. The standard InChI is InChI=1S/C16H21BrN2O3S/c1-15(2,3)16-7-6-9(19(16)14(21)22)8-11(16)18-13(20)10-4-5-12(17)23-10/h4-5,9,11H,6-8H2,1-3H3,(H,18,20)(H,21,22)/t9-,11+,16-/m1/s1. The Morgan fingerprint density at radius 3 is 2.65 bits per heavy atom. The molecule has 0 radical (unpaired) electrons. The van der Waals surface area contributed by atoms with E-state index in [0.717, 1.165) is 16.6 Å². The van der Waals surface area contributed by atoms with E-state index in [0.29, 0.717) is 11.3 Å². The van der Waals surface area contributed by atoms with E-state index in [1.807, 2.05) is 6.07 Å². The molecule has 0 aliphatic carbocycles. The topological polar surface area (TPSA) is 69.6 Å². The summed E-state index contributed by atoms with van der Waals surface area (Å²) in [7, 11) is 0. The molecular weight excluding hydrogens is 380 g/mol. The van der Waals surface area contributed by atoms with Gasteiger partial charge in [-0.25, -0.2) is 4.79 Å². The molecule has 1 aromatic heterocycles. The van der Waals surface area contributed by atoms with Crippen LogP contribution in [0.5, 0.6) is 0 Å². The quantitative estimate of drug-likeness (QED) is 0.789. The molecule has 7 heteroatoms. The molecule has 2 amide bonds. The molecule has 23 heavy (non-hydrogen) atoms. The smallest absolute Gasteiger partial charge is 0.408 e. The van der Waals surface area contributed by atoms with Crippen LogP contribution in [0.4, 0.5) is 4.79 Å². The Kier molecular flexibility index (Phi) is 3.99. The second-order valence-electron chi connectivity index (χ2n) is 7.38. The number of fused-ring (bicyclic) bond motifs is 2. The number of hydrogen-bond donors (Lipinski definition) is 2. The summed E-state index contributed by atoms with van der Waals surface area (Å²) in [6.45, 7) is 6.20. The van der Waals surface area contributed by atoms with E-state index in [9.17, 15) is 14.7 Å². The first kappa shape index (κ1) is 16.8. The fourth-order valence-corrected chi connectivity index (χ4v) is 5.71. The van der Waals surface area contributed by atoms with E-state index in [-0.39, 0.29) is 23.4 Å². The fourth-order valence-electron chi connectivity index (χ4n) is 4.42. The number of carbonyl (C=O) groups excluding carboxylic acids is 1. The Morgan fingerprint density at radius 1 is 1.43 bits per heavy atom. The summed E-state index contributed by atoms with van der Waals surface area (Å²) in [5, 5.41) is 12.8. The van der Waals surface area contributed by atoms with Gasteiger partial charge in [0.05, 0.1) is 20.2 Å². The van der Waals surface area contributed by atoms with Crippen molar-refractivity contribution in [2.45, 2.75) is 57.7 Å². The zero-order valence-corrected chi connectivity index (χ0v) is 15.8. The van der Waals surface area contributed by atoms with Crippen LogP contribution < -0.4 is 5.32 Å². The summed E-state index contributed by atoms with van der Waals surface area (Å²) in [6, 6.07) is 3.50. The Hall–Kier alpha value is -1.08. The van der Waals surface area contributed by atoms with E-state index in [1.54, 1.807) is 11.0 Å². The van der Waals surface area contributed by atoms with Gasteiger partial charge in [-0.15, -0.1) is 11.3 Å². The lowest BCUT2D eigenvalue weighted by Crippen LogP contribution is -2.63. The molecule has 3 heterocycles. The molecule has 2 fully saturated rings. The van der Waals surface area contributed by atoms with Crippen LogP contribution >= 0.6 is 27.3 Å². The van der Waals surface area contributed by atoms with Gasteiger partial charge in [0, 0.05) is 6.04 Å². The molecule has 0 aromatic carbocycles. The van der Waals surface area contributed by atoms with Gasteiger partial charge in [-0.05, 0) is 52.7 Å². The number of carboxylic acid groups (broad SMARTS) is 1. The highest BCUT2D eigenvalue weighted by Crippen LogP contribution is 2.55. The van der Waals surface area contributed by atoms with Crippen molar-refractivity contribution in [3.05, 3.63) is 20.8 Å². The first-order valence-electron chi connectivity index (χ1n) is 7.75. The minimum Gasteiger partial charge on any atom is -0.465 e. The molecule has 126 valence electrons. The van der Waals surface area contributed by atoms with E-state index in [4.69, 9.17) is 0 Å². The number of rotatable bonds is 2. The third-order valence-electron chi connectivity index (χ3n) is 5.35. The van der Waals surface area contributed by atoms with Crippen LogP contribution in [0.3, 0.4) is 0 Å². The molecule has 3 rings (SSSR count). The fraction of sp³-hybridized carbons (Fsp3) is 0.625. The SMILES string of the molecule is CC(C)(C)[C@@]12CC[C@H](C[C@@H]1NC(=O)c1ccc(Br)s1)N2C(=O)O. The summed E-state index contributed by atoms with van der Waals surface area (Å²) >= 11 is 4.76. The normalized spacial score (nSPS) is 29.8. The molecule has 2 aliphatic heterocycles.